The van der Waals surface area contributed by atoms with Gasteiger partial charge in [0.25, 0.3) is 0 Å². The zero-order chi connectivity index (χ0) is 16.8. The number of carbonyl (C=O) groups excluding carboxylic acids is 1. The van der Waals surface area contributed by atoms with Crippen LogP contribution in [0.3, 0.4) is 0 Å². The zero-order valence-electron chi connectivity index (χ0n) is 14.7. The average Bonchev–Trinajstić information content (AvgIpc) is 2.63. The Hall–Kier alpha value is -1.75. The number of nitrogens with one attached hydrogen (secondary N) is 1. The van der Waals surface area contributed by atoms with E-state index in [9.17, 15) is 4.79 Å². The van der Waals surface area contributed by atoms with Gasteiger partial charge in [0.2, 0.25) is 5.91 Å². The maximum absolute atomic E-state index is 12.3. The van der Waals surface area contributed by atoms with Crippen LogP contribution >= 0.6 is 0 Å². The fraction of sp³-hybridized carbons (Fsp3) is 0.632. The van der Waals surface area contributed by atoms with Crippen molar-refractivity contribution in [1.29, 1.82) is 0 Å². The van der Waals surface area contributed by atoms with E-state index in [0.717, 1.165) is 63.8 Å². The summed E-state index contributed by atoms with van der Waals surface area (Å²) in [4.78, 5) is 16.7. The van der Waals surface area contributed by atoms with Crippen molar-refractivity contribution in [3.63, 3.8) is 0 Å². The highest BCUT2D eigenvalue weighted by molar-refractivity contribution is 5.77. The molecule has 0 aliphatic carbocycles. The highest BCUT2D eigenvalue weighted by Gasteiger charge is 2.20. The molecule has 0 spiro atoms. The number of morpholine rings is 1. The van der Waals surface area contributed by atoms with Crippen molar-refractivity contribution in [2.24, 2.45) is 5.92 Å². The molecule has 0 aromatic heterocycles. The number of carbonyl (C=O) groups is 1. The van der Waals surface area contributed by atoms with Gasteiger partial charge in [0, 0.05) is 39.1 Å². The van der Waals surface area contributed by atoms with Crippen LogP contribution < -0.4 is 10.2 Å². The number of para-hydroxylation sites is 2. The number of amides is 1. The van der Waals surface area contributed by atoms with Gasteiger partial charge in [-0.15, -0.1) is 0 Å². The van der Waals surface area contributed by atoms with E-state index in [0.29, 0.717) is 13.0 Å². The van der Waals surface area contributed by atoms with Crippen LogP contribution in [0.4, 0.5) is 11.4 Å². The van der Waals surface area contributed by atoms with Crippen molar-refractivity contribution in [2.45, 2.75) is 26.2 Å². The van der Waals surface area contributed by atoms with Crippen molar-refractivity contribution in [3.05, 3.63) is 24.3 Å². The molecule has 0 radical (unpaired) electrons. The van der Waals surface area contributed by atoms with Crippen LogP contribution in [0.15, 0.2) is 24.3 Å². The number of ether oxygens (including phenoxy) is 1. The number of anilines is 2. The number of nitrogens with zero attached hydrogens (tertiary/aromatic N) is 2. The summed E-state index contributed by atoms with van der Waals surface area (Å²) < 4.78 is 5.44. The molecule has 132 valence electrons. The molecule has 2 aliphatic rings. The highest BCUT2D eigenvalue weighted by atomic mass is 16.5. The van der Waals surface area contributed by atoms with E-state index in [1.54, 1.807) is 0 Å². The zero-order valence-corrected chi connectivity index (χ0v) is 14.7. The Kier molecular flexibility index (Phi) is 5.96. The van der Waals surface area contributed by atoms with E-state index < -0.39 is 0 Å². The topological polar surface area (TPSA) is 44.8 Å². The average molecular weight is 331 g/mol. The Morgan fingerprint density at radius 2 is 1.88 bits per heavy atom. The molecule has 3 rings (SSSR count). The number of benzene rings is 1. The lowest BCUT2D eigenvalue weighted by molar-refractivity contribution is -0.132. The second-order valence-electron chi connectivity index (χ2n) is 6.86. The molecule has 1 aromatic carbocycles. The lowest BCUT2D eigenvalue weighted by atomic mass is 9.99. The molecule has 2 saturated heterocycles. The van der Waals surface area contributed by atoms with Crippen molar-refractivity contribution in [2.75, 3.05) is 56.2 Å². The van der Waals surface area contributed by atoms with Gasteiger partial charge in [0.05, 0.1) is 24.6 Å². The number of hydrogen-bond acceptors (Lipinski definition) is 4. The van der Waals surface area contributed by atoms with Crippen molar-refractivity contribution in [1.82, 2.24) is 4.90 Å². The van der Waals surface area contributed by atoms with Crippen molar-refractivity contribution < 1.29 is 9.53 Å². The van der Waals surface area contributed by atoms with Gasteiger partial charge < -0.3 is 19.9 Å². The van der Waals surface area contributed by atoms with Gasteiger partial charge >= 0.3 is 0 Å². The van der Waals surface area contributed by atoms with Gasteiger partial charge in [-0.3, -0.25) is 4.79 Å². The Morgan fingerprint density at radius 3 is 2.62 bits per heavy atom. The first-order valence-corrected chi connectivity index (χ1v) is 9.17. The minimum absolute atomic E-state index is 0.276. The molecule has 0 saturated carbocycles. The third-order valence-electron chi connectivity index (χ3n) is 5.05. The lowest BCUT2D eigenvalue weighted by Gasteiger charge is -2.31. The molecule has 5 nitrogen and oxygen atoms in total. The van der Waals surface area contributed by atoms with Crippen LogP contribution in [-0.2, 0) is 9.53 Å². The predicted molar refractivity (Wildman–Crippen MR) is 97.6 cm³/mol. The maximum Gasteiger partial charge on any atom is 0.224 e. The summed E-state index contributed by atoms with van der Waals surface area (Å²) in [6.45, 7) is 8.19. The SMILES string of the molecule is CC1CCN(C(=O)CCNc2ccccc2N2CCOCC2)CC1. The summed E-state index contributed by atoms with van der Waals surface area (Å²) in [6, 6.07) is 8.34. The van der Waals surface area contributed by atoms with Crippen LogP contribution in [0.25, 0.3) is 0 Å². The molecule has 0 unspecified atom stereocenters. The van der Waals surface area contributed by atoms with E-state index in [-0.39, 0.29) is 5.91 Å². The second-order valence-corrected chi connectivity index (χ2v) is 6.86. The molecule has 2 aliphatic heterocycles. The largest absolute Gasteiger partial charge is 0.383 e. The molecule has 2 heterocycles. The minimum atomic E-state index is 0.276. The summed E-state index contributed by atoms with van der Waals surface area (Å²) in [6.07, 6.45) is 2.84. The quantitative estimate of drug-likeness (QED) is 0.901. The molecule has 2 fully saturated rings. The van der Waals surface area contributed by atoms with Gasteiger partial charge in [0.15, 0.2) is 0 Å². The minimum Gasteiger partial charge on any atom is -0.383 e. The Balaban J connectivity index is 1.50. The van der Waals surface area contributed by atoms with Gasteiger partial charge in [-0.2, -0.15) is 0 Å². The van der Waals surface area contributed by atoms with E-state index in [1.165, 1.54) is 5.69 Å². The number of rotatable bonds is 5. The molecule has 1 amide bonds. The Labute approximate surface area is 145 Å². The fourth-order valence-corrected chi connectivity index (χ4v) is 3.42. The first-order chi connectivity index (χ1) is 11.7. The molecule has 1 aromatic rings. The summed E-state index contributed by atoms with van der Waals surface area (Å²) in [5, 5.41) is 3.46. The summed E-state index contributed by atoms with van der Waals surface area (Å²) in [7, 11) is 0. The van der Waals surface area contributed by atoms with Gasteiger partial charge in [-0.1, -0.05) is 19.1 Å². The highest BCUT2D eigenvalue weighted by Crippen LogP contribution is 2.26. The fourth-order valence-electron chi connectivity index (χ4n) is 3.42. The number of piperidine rings is 1. The maximum atomic E-state index is 12.3. The normalized spacial score (nSPS) is 19.4. The predicted octanol–water partition coefficient (Wildman–Crippen LogP) is 2.58. The van der Waals surface area contributed by atoms with E-state index >= 15 is 0 Å². The number of hydrogen-bond donors (Lipinski definition) is 1. The summed E-state index contributed by atoms with van der Waals surface area (Å²) in [5.74, 6) is 1.03. The monoisotopic (exact) mass is 331 g/mol. The molecular weight excluding hydrogens is 302 g/mol. The smallest absolute Gasteiger partial charge is 0.224 e. The molecular formula is C19H29N3O2. The van der Waals surface area contributed by atoms with Crippen molar-refractivity contribution in [3.8, 4) is 0 Å². The van der Waals surface area contributed by atoms with E-state index in [2.05, 4.69) is 35.3 Å². The molecule has 5 heteroatoms. The Morgan fingerprint density at radius 1 is 1.17 bits per heavy atom. The van der Waals surface area contributed by atoms with Crippen LogP contribution in [-0.4, -0.2) is 56.7 Å². The van der Waals surface area contributed by atoms with Crippen LogP contribution in [0.2, 0.25) is 0 Å². The van der Waals surface area contributed by atoms with Crippen molar-refractivity contribution >= 4 is 17.3 Å². The van der Waals surface area contributed by atoms with Crippen LogP contribution in [0.1, 0.15) is 26.2 Å². The molecule has 0 bridgehead atoms. The molecule has 24 heavy (non-hydrogen) atoms. The van der Waals surface area contributed by atoms with Gasteiger partial charge in [-0.25, -0.2) is 0 Å². The number of likely N-dealkylation sites (tertiary alicyclic amines) is 1. The summed E-state index contributed by atoms with van der Waals surface area (Å²) in [5.41, 5.74) is 2.32. The van der Waals surface area contributed by atoms with Crippen LogP contribution in [0.5, 0.6) is 0 Å². The second kappa shape index (κ2) is 8.38. The standard InChI is InChI=1S/C19H29N3O2/c1-16-7-10-22(11-8-16)19(23)6-9-20-17-4-2-3-5-18(17)21-12-14-24-15-13-21/h2-5,16,20H,6-15H2,1H3. The molecule has 1 N–H and O–H groups in total. The third-order valence-corrected chi connectivity index (χ3v) is 5.05. The first-order valence-electron chi connectivity index (χ1n) is 9.17. The summed E-state index contributed by atoms with van der Waals surface area (Å²) >= 11 is 0. The first kappa shape index (κ1) is 17.1. The van der Waals surface area contributed by atoms with Gasteiger partial charge in [0.1, 0.15) is 0 Å². The molecule has 0 atom stereocenters. The van der Waals surface area contributed by atoms with Gasteiger partial charge in [-0.05, 0) is 30.9 Å². The van der Waals surface area contributed by atoms with E-state index in [4.69, 9.17) is 4.74 Å². The van der Waals surface area contributed by atoms with E-state index in [1.807, 2.05) is 11.0 Å². The Bertz CT molecular complexity index is 535. The lowest BCUT2D eigenvalue weighted by Crippen LogP contribution is -2.38. The van der Waals surface area contributed by atoms with Crippen LogP contribution in [0, 0.1) is 5.92 Å². The third kappa shape index (κ3) is 4.41.